The normalized spacial score (nSPS) is 17.6. The number of hydrogen-bond acceptors (Lipinski definition) is 3. The van der Waals surface area contributed by atoms with E-state index in [1.807, 2.05) is 6.92 Å². The molecular weight excluding hydrogens is 275 g/mol. The molecule has 1 aliphatic rings. The molecule has 2 rings (SSSR count). The van der Waals surface area contributed by atoms with E-state index in [0.717, 1.165) is 4.90 Å². The number of hydrogen-bond donors (Lipinski definition) is 2. The summed E-state index contributed by atoms with van der Waals surface area (Å²) in [6.07, 6.45) is 2.38. The smallest absolute Gasteiger partial charge is 0.223 e. The van der Waals surface area contributed by atoms with Crippen molar-refractivity contribution in [2.24, 2.45) is 17.6 Å². The maximum absolute atomic E-state index is 12.8. The van der Waals surface area contributed by atoms with Crippen molar-refractivity contribution in [2.45, 2.75) is 30.7 Å². The van der Waals surface area contributed by atoms with Crippen molar-refractivity contribution in [3.63, 3.8) is 0 Å². The summed E-state index contributed by atoms with van der Waals surface area (Å²) in [5.74, 6) is 0.983. The highest BCUT2D eigenvalue weighted by Crippen LogP contribution is 2.31. The van der Waals surface area contributed by atoms with Gasteiger partial charge in [-0.3, -0.25) is 4.79 Å². The predicted octanol–water partition coefficient (Wildman–Crippen LogP) is 2.41. The first-order chi connectivity index (χ1) is 9.56. The average Bonchev–Trinajstić information content (AvgIpc) is 3.28. The molecule has 0 spiro atoms. The molecule has 5 heteroatoms. The SMILES string of the molecule is CC(CSc1ccc(F)cc1)C(=O)NCC(N)C1CC1. The van der Waals surface area contributed by atoms with E-state index in [-0.39, 0.29) is 23.7 Å². The number of thioether (sulfide) groups is 1. The molecule has 1 aromatic carbocycles. The summed E-state index contributed by atoms with van der Waals surface area (Å²) in [4.78, 5) is 12.9. The van der Waals surface area contributed by atoms with Crippen molar-refractivity contribution in [3.05, 3.63) is 30.1 Å². The Morgan fingerprint density at radius 1 is 1.45 bits per heavy atom. The fourth-order valence-corrected chi connectivity index (χ4v) is 2.83. The first-order valence-corrected chi connectivity index (χ1v) is 7.96. The molecule has 0 heterocycles. The van der Waals surface area contributed by atoms with Crippen molar-refractivity contribution >= 4 is 17.7 Å². The Labute approximate surface area is 123 Å². The minimum Gasteiger partial charge on any atom is -0.354 e. The molecule has 3 N–H and O–H groups in total. The lowest BCUT2D eigenvalue weighted by Gasteiger charge is -2.15. The van der Waals surface area contributed by atoms with Crippen LogP contribution in [0, 0.1) is 17.7 Å². The Morgan fingerprint density at radius 3 is 2.70 bits per heavy atom. The van der Waals surface area contributed by atoms with Crippen LogP contribution in [0.3, 0.4) is 0 Å². The molecule has 2 unspecified atom stereocenters. The van der Waals surface area contributed by atoms with E-state index in [9.17, 15) is 9.18 Å². The third kappa shape index (κ3) is 4.80. The van der Waals surface area contributed by atoms with Gasteiger partial charge in [0.25, 0.3) is 0 Å². The van der Waals surface area contributed by atoms with Crippen molar-refractivity contribution < 1.29 is 9.18 Å². The minimum atomic E-state index is -0.241. The second-order valence-electron chi connectivity index (χ2n) is 5.41. The monoisotopic (exact) mass is 296 g/mol. The summed E-state index contributed by atoms with van der Waals surface area (Å²) in [5.41, 5.74) is 5.95. The molecular formula is C15H21FN2OS. The van der Waals surface area contributed by atoms with Gasteiger partial charge in [-0.15, -0.1) is 11.8 Å². The number of nitrogens with two attached hydrogens (primary N) is 1. The molecule has 0 aromatic heterocycles. The molecule has 0 bridgehead atoms. The lowest BCUT2D eigenvalue weighted by molar-refractivity contribution is -0.123. The molecule has 1 fully saturated rings. The van der Waals surface area contributed by atoms with Crippen LogP contribution in [0.15, 0.2) is 29.2 Å². The molecule has 1 amide bonds. The highest BCUT2D eigenvalue weighted by Gasteiger charge is 2.28. The second-order valence-corrected chi connectivity index (χ2v) is 6.51. The second kappa shape index (κ2) is 7.09. The van der Waals surface area contributed by atoms with Crippen LogP contribution in [0.5, 0.6) is 0 Å². The van der Waals surface area contributed by atoms with E-state index < -0.39 is 0 Å². The largest absolute Gasteiger partial charge is 0.354 e. The number of nitrogens with one attached hydrogen (secondary N) is 1. The first kappa shape index (κ1) is 15.3. The average molecular weight is 296 g/mol. The van der Waals surface area contributed by atoms with E-state index >= 15 is 0 Å². The summed E-state index contributed by atoms with van der Waals surface area (Å²) in [5, 5.41) is 2.91. The Morgan fingerprint density at radius 2 is 2.10 bits per heavy atom. The topological polar surface area (TPSA) is 55.1 Å². The van der Waals surface area contributed by atoms with Crippen LogP contribution in [-0.4, -0.2) is 24.2 Å². The van der Waals surface area contributed by atoms with Gasteiger partial charge in [-0.25, -0.2) is 4.39 Å². The number of benzene rings is 1. The molecule has 3 nitrogen and oxygen atoms in total. The molecule has 0 radical (unpaired) electrons. The molecule has 2 atom stereocenters. The molecule has 110 valence electrons. The fourth-order valence-electron chi connectivity index (χ4n) is 1.91. The van der Waals surface area contributed by atoms with Gasteiger partial charge < -0.3 is 11.1 Å². The van der Waals surface area contributed by atoms with Crippen LogP contribution < -0.4 is 11.1 Å². The van der Waals surface area contributed by atoms with E-state index in [2.05, 4.69) is 5.32 Å². The molecule has 0 aliphatic heterocycles. The van der Waals surface area contributed by atoms with Crippen LogP contribution in [0.1, 0.15) is 19.8 Å². The zero-order chi connectivity index (χ0) is 14.5. The van der Waals surface area contributed by atoms with Crippen LogP contribution in [0.2, 0.25) is 0 Å². The van der Waals surface area contributed by atoms with E-state index in [4.69, 9.17) is 5.73 Å². The van der Waals surface area contributed by atoms with E-state index in [1.165, 1.54) is 25.0 Å². The van der Waals surface area contributed by atoms with Gasteiger partial charge in [0.05, 0.1) is 0 Å². The molecule has 1 aliphatic carbocycles. The van der Waals surface area contributed by atoms with Gasteiger partial charge in [0.1, 0.15) is 5.82 Å². The summed E-state index contributed by atoms with van der Waals surface area (Å²) in [6, 6.07) is 6.42. The summed E-state index contributed by atoms with van der Waals surface area (Å²) >= 11 is 1.56. The minimum absolute atomic E-state index is 0.0377. The van der Waals surface area contributed by atoms with Gasteiger partial charge in [0.15, 0.2) is 0 Å². The van der Waals surface area contributed by atoms with Gasteiger partial charge in [0, 0.05) is 29.2 Å². The zero-order valence-corrected chi connectivity index (χ0v) is 12.5. The van der Waals surface area contributed by atoms with Crippen molar-refractivity contribution in [1.29, 1.82) is 0 Å². The summed E-state index contributed by atoms with van der Waals surface area (Å²) in [7, 11) is 0. The lowest BCUT2D eigenvalue weighted by atomic mass is 10.1. The number of amides is 1. The standard InChI is InChI=1S/C15H21FN2OS/c1-10(9-20-13-6-4-12(16)5-7-13)15(19)18-8-14(17)11-2-3-11/h4-7,10-11,14H,2-3,8-9,17H2,1H3,(H,18,19). The lowest BCUT2D eigenvalue weighted by Crippen LogP contribution is -2.41. The maximum Gasteiger partial charge on any atom is 0.223 e. The highest BCUT2D eigenvalue weighted by atomic mass is 32.2. The predicted molar refractivity (Wildman–Crippen MR) is 80.0 cm³/mol. The van der Waals surface area contributed by atoms with Crippen LogP contribution in [0.25, 0.3) is 0 Å². The summed E-state index contributed by atoms with van der Waals surface area (Å²) < 4.78 is 12.8. The third-order valence-electron chi connectivity index (χ3n) is 3.50. The third-order valence-corrected chi connectivity index (χ3v) is 4.77. The highest BCUT2D eigenvalue weighted by molar-refractivity contribution is 7.99. The van der Waals surface area contributed by atoms with Gasteiger partial charge in [0.2, 0.25) is 5.91 Å². The molecule has 0 saturated heterocycles. The Balaban J connectivity index is 1.68. The molecule has 1 aromatic rings. The van der Waals surface area contributed by atoms with Crippen molar-refractivity contribution in [1.82, 2.24) is 5.32 Å². The van der Waals surface area contributed by atoms with Crippen LogP contribution in [0.4, 0.5) is 4.39 Å². The number of rotatable bonds is 7. The van der Waals surface area contributed by atoms with Gasteiger partial charge in [-0.1, -0.05) is 6.92 Å². The van der Waals surface area contributed by atoms with E-state index in [0.29, 0.717) is 18.2 Å². The van der Waals surface area contributed by atoms with Gasteiger partial charge >= 0.3 is 0 Å². The fraction of sp³-hybridized carbons (Fsp3) is 0.533. The van der Waals surface area contributed by atoms with Gasteiger partial charge in [-0.05, 0) is 43.0 Å². The quantitative estimate of drug-likeness (QED) is 0.760. The van der Waals surface area contributed by atoms with E-state index in [1.54, 1.807) is 23.9 Å². The summed E-state index contributed by atoms with van der Waals surface area (Å²) in [6.45, 7) is 2.46. The zero-order valence-electron chi connectivity index (χ0n) is 11.6. The molecule has 20 heavy (non-hydrogen) atoms. The number of carbonyl (C=O) groups is 1. The molecule has 1 saturated carbocycles. The maximum atomic E-state index is 12.8. The van der Waals surface area contributed by atoms with Crippen molar-refractivity contribution in [2.75, 3.05) is 12.3 Å². The van der Waals surface area contributed by atoms with Crippen molar-refractivity contribution in [3.8, 4) is 0 Å². The van der Waals surface area contributed by atoms with Crippen LogP contribution in [-0.2, 0) is 4.79 Å². The van der Waals surface area contributed by atoms with Crippen LogP contribution >= 0.6 is 11.8 Å². The Bertz CT molecular complexity index is 448. The number of carbonyl (C=O) groups excluding carboxylic acids is 1. The Kier molecular flexibility index (Phi) is 5.43. The number of halogens is 1. The van der Waals surface area contributed by atoms with Gasteiger partial charge in [-0.2, -0.15) is 0 Å². The first-order valence-electron chi connectivity index (χ1n) is 6.98. The Hall–Kier alpha value is -1.07.